The highest BCUT2D eigenvalue weighted by atomic mass is 32.2. The van der Waals surface area contributed by atoms with Crippen LogP contribution in [-0.2, 0) is 10.0 Å². The molecule has 2 aromatic carbocycles. The third kappa shape index (κ3) is 10.2. The van der Waals surface area contributed by atoms with E-state index in [-0.39, 0.29) is 12.5 Å². The van der Waals surface area contributed by atoms with Crippen molar-refractivity contribution in [1.29, 1.82) is 5.41 Å². The first-order chi connectivity index (χ1) is 19.9. The maximum absolute atomic E-state index is 13.1. The van der Waals surface area contributed by atoms with Gasteiger partial charge < -0.3 is 24.6 Å². The van der Waals surface area contributed by atoms with E-state index in [2.05, 4.69) is 26.1 Å². The number of amidine groups is 1. The Balaban J connectivity index is 1.63. The predicted molar refractivity (Wildman–Crippen MR) is 149 cm³/mol. The molecule has 3 rings (SSSR count). The second kappa shape index (κ2) is 13.8. The number of nitrogens with zero attached hydrogens (tertiary/aromatic N) is 2. The lowest BCUT2D eigenvalue weighted by molar-refractivity contribution is -0.154. The molecule has 0 atom stereocenters. The summed E-state index contributed by atoms with van der Waals surface area (Å²) in [7, 11) is -0.965. The molecule has 2 aromatic rings. The standard InChI is InChI=1S/C27H33F6N5O4S/c1-18(36-22-7-5-4-6-21(22)25(34)37(2)3)38-12-10-19(11-13-38)15-35-43(39,40)24-14-20(41-16-26(28,29)30)8-9-23(24)42-17-27(31,32)33/h4-9,14,19,34-36H,1,10-13,15-17H2,2-3H3. The Kier molecular flexibility index (Phi) is 10.8. The molecule has 9 nitrogen and oxygen atoms in total. The Morgan fingerprint density at radius 3 is 2.23 bits per heavy atom. The van der Waals surface area contributed by atoms with Gasteiger partial charge in [0.25, 0.3) is 0 Å². The Morgan fingerprint density at radius 1 is 1.02 bits per heavy atom. The number of benzene rings is 2. The van der Waals surface area contributed by atoms with Gasteiger partial charge in [-0.25, -0.2) is 13.1 Å². The van der Waals surface area contributed by atoms with Gasteiger partial charge in [-0.2, -0.15) is 26.3 Å². The van der Waals surface area contributed by atoms with Crippen molar-refractivity contribution in [3.05, 3.63) is 60.4 Å². The summed E-state index contributed by atoms with van der Waals surface area (Å²) in [6, 6.07) is 9.72. The number of anilines is 1. The summed E-state index contributed by atoms with van der Waals surface area (Å²) in [6.45, 7) is 1.56. The fourth-order valence-corrected chi connectivity index (χ4v) is 5.49. The van der Waals surface area contributed by atoms with Gasteiger partial charge in [-0.3, -0.25) is 5.41 Å². The molecule has 1 aliphatic heterocycles. The predicted octanol–water partition coefficient (Wildman–Crippen LogP) is 5.03. The lowest BCUT2D eigenvalue weighted by Gasteiger charge is -2.35. The summed E-state index contributed by atoms with van der Waals surface area (Å²) in [5, 5.41) is 11.5. The van der Waals surface area contributed by atoms with Crippen LogP contribution in [-0.4, -0.2) is 83.3 Å². The Labute approximate surface area is 246 Å². The van der Waals surface area contributed by atoms with Gasteiger partial charge in [0, 0.05) is 45.4 Å². The number of likely N-dealkylation sites (tertiary alicyclic amines) is 1. The van der Waals surface area contributed by atoms with Crippen molar-refractivity contribution in [1.82, 2.24) is 14.5 Å². The zero-order chi connectivity index (χ0) is 32.0. The van der Waals surface area contributed by atoms with Crippen LogP contribution in [0.4, 0.5) is 32.0 Å². The molecule has 0 aliphatic carbocycles. The van der Waals surface area contributed by atoms with Crippen molar-refractivity contribution in [2.75, 3.05) is 52.3 Å². The normalized spacial score (nSPS) is 14.7. The molecule has 1 aliphatic rings. The number of para-hydroxylation sites is 1. The second-order valence-corrected chi connectivity index (χ2v) is 11.8. The van der Waals surface area contributed by atoms with Crippen LogP contribution < -0.4 is 19.5 Å². The molecule has 16 heteroatoms. The summed E-state index contributed by atoms with van der Waals surface area (Å²) in [5.41, 5.74) is 1.38. The van der Waals surface area contributed by atoms with E-state index in [0.29, 0.717) is 54.9 Å². The topological polar surface area (TPSA) is 107 Å². The van der Waals surface area contributed by atoms with Crippen LogP contribution >= 0.6 is 0 Å². The molecule has 0 radical (unpaired) electrons. The van der Waals surface area contributed by atoms with Gasteiger partial charge in [-0.1, -0.05) is 18.7 Å². The number of hydrogen-bond acceptors (Lipinski definition) is 7. The largest absolute Gasteiger partial charge is 0.484 e. The molecule has 0 aromatic heterocycles. The van der Waals surface area contributed by atoms with E-state index in [1.165, 1.54) is 0 Å². The first kappa shape index (κ1) is 33.8. The number of halogens is 6. The van der Waals surface area contributed by atoms with Gasteiger partial charge in [0.2, 0.25) is 10.0 Å². The zero-order valence-corrected chi connectivity index (χ0v) is 24.3. The summed E-state index contributed by atoms with van der Waals surface area (Å²) < 4.78 is 114. The highest BCUT2D eigenvalue weighted by Gasteiger charge is 2.32. The van der Waals surface area contributed by atoms with Crippen LogP contribution in [0.15, 0.2) is 59.8 Å². The third-order valence-corrected chi connectivity index (χ3v) is 7.91. The molecular weight excluding hydrogens is 604 g/mol. The van der Waals surface area contributed by atoms with Gasteiger partial charge >= 0.3 is 12.4 Å². The third-order valence-electron chi connectivity index (χ3n) is 6.47. The average Bonchev–Trinajstić information content (AvgIpc) is 2.93. The summed E-state index contributed by atoms with van der Waals surface area (Å²) in [6.07, 6.45) is -8.39. The number of ether oxygens (including phenoxy) is 2. The maximum Gasteiger partial charge on any atom is 0.422 e. The average molecular weight is 638 g/mol. The van der Waals surface area contributed by atoms with Crippen LogP contribution in [0.2, 0.25) is 0 Å². The molecule has 238 valence electrons. The molecular formula is C27H33F6N5O4S. The number of sulfonamides is 1. The molecule has 0 bridgehead atoms. The first-order valence-electron chi connectivity index (χ1n) is 13.0. The molecule has 1 heterocycles. The summed E-state index contributed by atoms with van der Waals surface area (Å²) >= 11 is 0. The van der Waals surface area contributed by atoms with Crippen molar-refractivity contribution < 1.29 is 44.2 Å². The van der Waals surface area contributed by atoms with Gasteiger partial charge in [0.05, 0.1) is 11.5 Å². The Bertz CT molecular complexity index is 1390. The maximum atomic E-state index is 13.1. The van der Waals surface area contributed by atoms with Crippen molar-refractivity contribution in [3.63, 3.8) is 0 Å². The van der Waals surface area contributed by atoms with Crippen molar-refractivity contribution in [2.45, 2.75) is 30.1 Å². The van der Waals surface area contributed by atoms with Crippen molar-refractivity contribution in [2.24, 2.45) is 5.92 Å². The number of rotatable bonds is 12. The van der Waals surface area contributed by atoms with Crippen LogP contribution in [0.5, 0.6) is 11.5 Å². The molecule has 0 saturated carbocycles. The minimum atomic E-state index is -4.77. The lowest BCUT2D eigenvalue weighted by atomic mass is 9.97. The van der Waals surface area contributed by atoms with E-state index in [4.69, 9.17) is 5.41 Å². The molecule has 0 amide bonds. The second-order valence-electron chi connectivity index (χ2n) is 10.1. The molecule has 0 unspecified atom stereocenters. The molecule has 1 fully saturated rings. The van der Waals surface area contributed by atoms with E-state index in [1.807, 2.05) is 29.2 Å². The highest BCUT2D eigenvalue weighted by molar-refractivity contribution is 7.89. The SMILES string of the molecule is C=C(Nc1ccccc1C(=N)N(C)C)N1CCC(CNS(=O)(=O)c2cc(OCC(F)(F)F)ccc2OCC(F)(F)F)CC1. The molecule has 3 N–H and O–H groups in total. The van der Waals surface area contributed by atoms with E-state index in [1.54, 1.807) is 19.0 Å². The lowest BCUT2D eigenvalue weighted by Crippen LogP contribution is -2.39. The van der Waals surface area contributed by atoms with E-state index in [9.17, 15) is 34.8 Å². The van der Waals surface area contributed by atoms with Crippen LogP contribution in [0.1, 0.15) is 18.4 Å². The highest BCUT2D eigenvalue weighted by Crippen LogP contribution is 2.31. The molecule has 0 spiro atoms. The van der Waals surface area contributed by atoms with Gasteiger partial charge in [0.1, 0.15) is 22.2 Å². The fourth-order valence-electron chi connectivity index (χ4n) is 4.22. The minimum absolute atomic E-state index is 0.0642. The fraction of sp³-hybridized carbons (Fsp3) is 0.444. The monoisotopic (exact) mass is 637 g/mol. The quantitative estimate of drug-likeness (QED) is 0.170. The first-order valence-corrected chi connectivity index (χ1v) is 14.5. The van der Waals surface area contributed by atoms with Crippen LogP contribution in [0.3, 0.4) is 0 Å². The van der Waals surface area contributed by atoms with Crippen LogP contribution in [0.25, 0.3) is 0 Å². The van der Waals surface area contributed by atoms with Crippen molar-refractivity contribution >= 4 is 21.5 Å². The van der Waals surface area contributed by atoms with E-state index in [0.717, 1.165) is 12.1 Å². The summed E-state index contributed by atoms with van der Waals surface area (Å²) in [5.74, 6) is -0.411. The van der Waals surface area contributed by atoms with Crippen LogP contribution in [0, 0.1) is 11.3 Å². The number of alkyl halides is 6. The van der Waals surface area contributed by atoms with Gasteiger partial charge in [-0.05, 0) is 43.0 Å². The van der Waals surface area contributed by atoms with E-state index < -0.39 is 52.0 Å². The summed E-state index contributed by atoms with van der Waals surface area (Å²) in [4.78, 5) is 2.88. The van der Waals surface area contributed by atoms with Crippen molar-refractivity contribution in [3.8, 4) is 11.5 Å². The van der Waals surface area contributed by atoms with E-state index >= 15 is 0 Å². The molecule has 43 heavy (non-hydrogen) atoms. The number of hydrogen-bond donors (Lipinski definition) is 3. The van der Waals surface area contributed by atoms with Gasteiger partial charge in [0.15, 0.2) is 13.2 Å². The Morgan fingerprint density at radius 2 is 1.63 bits per heavy atom. The zero-order valence-electron chi connectivity index (χ0n) is 23.5. The minimum Gasteiger partial charge on any atom is -0.484 e. The van der Waals surface area contributed by atoms with Gasteiger partial charge in [-0.15, -0.1) is 0 Å². The molecule has 1 saturated heterocycles. The Hall–Kier alpha value is -3.66. The number of nitrogens with one attached hydrogen (secondary N) is 3. The number of piperidine rings is 1. The smallest absolute Gasteiger partial charge is 0.422 e.